The van der Waals surface area contributed by atoms with Crippen molar-refractivity contribution in [3.05, 3.63) is 137 Å². The van der Waals surface area contributed by atoms with Crippen LogP contribution >= 0.6 is 0 Å². The van der Waals surface area contributed by atoms with Gasteiger partial charge in [-0.1, -0.05) is 118 Å². The Morgan fingerprint density at radius 1 is 0.800 bits per heavy atom. The molecule has 10 nitrogen and oxygen atoms in total. The van der Waals surface area contributed by atoms with Gasteiger partial charge in [0, 0.05) is 18.7 Å². The first-order valence-electron chi connectivity index (χ1n) is 18.4. The van der Waals surface area contributed by atoms with Crippen molar-refractivity contribution < 1.29 is 38.4 Å². The van der Waals surface area contributed by atoms with Crippen molar-refractivity contribution in [3.63, 3.8) is 0 Å². The average Bonchev–Trinajstić information content (AvgIpc) is 3.62. The van der Waals surface area contributed by atoms with Crippen LogP contribution in [0, 0.1) is 0 Å². The van der Waals surface area contributed by atoms with Crippen molar-refractivity contribution in [2.75, 3.05) is 18.1 Å². The molecule has 0 fully saturated rings. The van der Waals surface area contributed by atoms with Gasteiger partial charge >= 0.3 is 12.1 Å². The summed E-state index contributed by atoms with van der Waals surface area (Å²) in [6, 6.07) is 31.7. The van der Waals surface area contributed by atoms with Crippen molar-refractivity contribution in [2.45, 2.75) is 71.6 Å². The normalized spacial score (nSPS) is 12.6. The fraction of sp³-hybridized carbons (Fsp3) is 0.295. The Hall–Kier alpha value is -5.65. The second kappa shape index (κ2) is 16.8. The van der Waals surface area contributed by atoms with Gasteiger partial charge < -0.3 is 28.8 Å². The Morgan fingerprint density at radius 2 is 1.36 bits per heavy atom. The van der Waals surface area contributed by atoms with Gasteiger partial charge in [0.05, 0.1) is 5.69 Å². The standard InChI is InChI=1S/C44H48N2O8Si/c1-44(2,3)55(4,5)54-26-24-33-34-23-25-46(43(49)50)36(34)22-21-35(33)38-39(47)40(51-27-30-15-9-6-10-16-30)37(42(48)53-29-32-19-13-8-14-20-32)41(45-38)52-28-31-17-11-7-12-18-31/h6-22,47H,23-29H2,1-5H3,(H,49,50). The molecule has 0 saturated heterocycles. The number of esters is 1. The summed E-state index contributed by atoms with van der Waals surface area (Å²) in [4.78, 5) is 32.5. The summed E-state index contributed by atoms with van der Waals surface area (Å²) in [7, 11) is -2.14. The van der Waals surface area contributed by atoms with E-state index >= 15 is 0 Å². The van der Waals surface area contributed by atoms with Crippen LogP contribution in [0.4, 0.5) is 10.5 Å². The number of anilines is 1. The second-order valence-corrected chi connectivity index (χ2v) is 19.9. The smallest absolute Gasteiger partial charge is 0.411 e. The number of ether oxygens (including phenoxy) is 3. The number of hydrogen-bond donors (Lipinski definition) is 2. The van der Waals surface area contributed by atoms with Crippen molar-refractivity contribution in [2.24, 2.45) is 0 Å². The topological polar surface area (TPSA) is 128 Å². The Kier molecular flexibility index (Phi) is 11.9. The van der Waals surface area contributed by atoms with Crippen molar-refractivity contribution >= 4 is 26.1 Å². The van der Waals surface area contributed by atoms with E-state index in [2.05, 4.69) is 33.9 Å². The number of aromatic hydroxyl groups is 1. The number of aromatic nitrogens is 1. The maximum Gasteiger partial charge on any atom is 0.411 e. The molecular formula is C44H48N2O8Si. The third kappa shape index (κ3) is 9.01. The zero-order valence-electron chi connectivity index (χ0n) is 32.0. The van der Waals surface area contributed by atoms with Crippen LogP contribution in [0.2, 0.25) is 18.1 Å². The molecule has 1 aliphatic rings. The molecule has 11 heteroatoms. The van der Waals surface area contributed by atoms with E-state index in [1.807, 2.05) is 91.0 Å². The Balaban J connectivity index is 1.50. The number of carbonyl (C=O) groups is 2. The van der Waals surface area contributed by atoms with E-state index in [0.717, 1.165) is 27.8 Å². The molecule has 2 heterocycles. The van der Waals surface area contributed by atoms with Gasteiger partial charge in [0.25, 0.3) is 0 Å². The minimum atomic E-state index is -2.14. The van der Waals surface area contributed by atoms with Gasteiger partial charge in [-0.15, -0.1) is 0 Å². The van der Waals surface area contributed by atoms with Gasteiger partial charge in [-0.05, 0) is 64.9 Å². The number of amides is 1. The molecule has 286 valence electrons. The Morgan fingerprint density at radius 3 is 1.93 bits per heavy atom. The summed E-state index contributed by atoms with van der Waals surface area (Å²) in [5, 5.41) is 22.2. The molecule has 0 saturated carbocycles. The van der Waals surface area contributed by atoms with Crippen LogP contribution in [-0.2, 0) is 41.8 Å². The molecule has 0 unspecified atom stereocenters. The second-order valence-electron chi connectivity index (χ2n) is 15.1. The molecular weight excluding hydrogens is 713 g/mol. The summed E-state index contributed by atoms with van der Waals surface area (Å²) in [6.45, 7) is 11.7. The SMILES string of the molecule is CC(C)(C)[Si](C)(C)OCCc1c(-c2nc(OCc3ccccc3)c(C(=O)OCc3ccccc3)c(OCc3ccccc3)c2O)ccc2c1CCN2C(=O)O. The number of benzene rings is 4. The molecule has 0 radical (unpaired) electrons. The molecule has 0 bridgehead atoms. The number of carbonyl (C=O) groups excluding carboxylic acids is 1. The van der Waals surface area contributed by atoms with Gasteiger partial charge in [-0.2, -0.15) is 0 Å². The highest BCUT2D eigenvalue weighted by Crippen LogP contribution is 2.47. The van der Waals surface area contributed by atoms with Crippen molar-refractivity contribution in [3.8, 4) is 28.6 Å². The quantitative estimate of drug-likeness (QED) is 0.0840. The number of rotatable bonds is 14. The maximum absolute atomic E-state index is 14.1. The van der Waals surface area contributed by atoms with Crippen LogP contribution in [0.25, 0.3) is 11.3 Å². The molecule has 0 aliphatic carbocycles. The van der Waals surface area contributed by atoms with Crippen LogP contribution in [-0.4, -0.2) is 48.7 Å². The first-order chi connectivity index (χ1) is 26.3. The van der Waals surface area contributed by atoms with Crippen LogP contribution in [0.15, 0.2) is 103 Å². The summed E-state index contributed by atoms with van der Waals surface area (Å²) in [5.74, 6) is -1.35. The predicted octanol–water partition coefficient (Wildman–Crippen LogP) is 9.57. The summed E-state index contributed by atoms with van der Waals surface area (Å²) in [6.07, 6.45) is -0.131. The van der Waals surface area contributed by atoms with E-state index in [0.29, 0.717) is 37.2 Å². The van der Waals surface area contributed by atoms with Crippen LogP contribution in [0.5, 0.6) is 17.4 Å². The van der Waals surface area contributed by atoms with E-state index in [1.54, 1.807) is 12.1 Å². The van der Waals surface area contributed by atoms with Gasteiger partial charge in [0.2, 0.25) is 5.88 Å². The van der Waals surface area contributed by atoms with E-state index in [1.165, 1.54) is 4.90 Å². The third-order valence-corrected chi connectivity index (χ3v) is 14.9. The Bertz CT molecular complexity index is 2120. The lowest BCUT2D eigenvalue weighted by Crippen LogP contribution is -2.41. The minimum absolute atomic E-state index is 0.0185. The summed E-state index contributed by atoms with van der Waals surface area (Å²) < 4.78 is 25.1. The Labute approximate surface area is 323 Å². The molecule has 5 aromatic rings. The largest absolute Gasteiger partial charge is 0.503 e. The molecule has 0 atom stereocenters. The highest BCUT2D eigenvalue weighted by molar-refractivity contribution is 6.74. The number of hydrogen-bond acceptors (Lipinski definition) is 8. The number of fused-ring (bicyclic) bond motifs is 1. The number of carboxylic acid groups (broad SMARTS) is 1. The summed E-state index contributed by atoms with van der Waals surface area (Å²) >= 11 is 0. The van der Waals surface area contributed by atoms with Gasteiger partial charge in [0.15, 0.2) is 25.4 Å². The minimum Gasteiger partial charge on any atom is -0.503 e. The molecule has 2 N–H and O–H groups in total. The first kappa shape index (κ1) is 39.1. The van der Waals surface area contributed by atoms with Crippen LogP contribution in [0.3, 0.4) is 0 Å². The fourth-order valence-corrected chi connectivity index (χ4v) is 7.33. The lowest BCUT2D eigenvalue weighted by molar-refractivity contribution is 0.0459. The molecule has 6 rings (SSSR count). The molecule has 4 aromatic carbocycles. The molecule has 1 aromatic heterocycles. The van der Waals surface area contributed by atoms with E-state index in [-0.39, 0.29) is 53.5 Å². The fourth-order valence-electron chi connectivity index (χ4n) is 6.28. The molecule has 0 spiro atoms. The van der Waals surface area contributed by atoms with E-state index < -0.39 is 20.4 Å². The zero-order chi connectivity index (χ0) is 39.2. The number of pyridine rings is 1. The zero-order valence-corrected chi connectivity index (χ0v) is 33.0. The summed E-state index contributed by atoms with van der Waals surface area (Å²) in [5.41, 5.74) is 5.18. The monoisotopic (exact) mass is 760 g/mol. The molecule has 1 amide bonds. The maximum atomic E-state index is 14.1. The predicted molar refractivity (Wildman–Crippen MR) is 214 cm³/mol. The van der Waals surface area contributed by atoms with Crippen molar-refractivity contribution in [1.29, 1.82) is 0 Å². The third-order valence-electron chi connectivity index (χ3n) is 10.3. The van der Waals surface area contributed by atoms with Crippen molar-refractivity contribution in [1.82, 2.24) is 4.98 Å². The first-order valence-corrected chi connectivity index (χ1v) is 21.4. The molecule has 1 aliphatic heterocycles. The average molecular weight is 761 g/mol. The number of nitrogens with zero attached hydrogens (tertiary/aromatic N) is 2. The van der Waals surface area contributed by atoms with Gasteiger partial charge in [0.1, 0.15) is 25.5 Å². The van der Waals surface area contributed by atoms with Gasteiger partial charge in [-0.3, -0.25) is 4.90 Å². The highest BCUT2D eigenvalue weighted by Gasteiger charge is 2.38. The lowest BCUT2D eigenvalue weighted by Gasteiger charge is -2.36. The van der Waals surface area contributed by atoms with Gasteiger partial charge in [-0.25, -0.2) is 14.6 Å². The highest BCUT2D eigenvalue weighted by atomic mass is 28.4. The van der Waals surface area contributed by atoms with E-state index in [4.69, 9.17) is 23.6 Å². The van der Waals surface area contributed by atoms with Crippen LogP contribution in [0.1, 0.15) is 58.9 Å². The molecule has 55 heavy (non-hydrogen) atoms. The van der Waals surface area contributed by atoms with E-state index in [9.17, 15) is 19.8 Å². The lowest BCUT2D eigenvalue weighted by atomic mass is 9.93. The van der Waals surface area contributed by atoms with Crippen LogP contribution < -0.4 is 14.4 Å².